The largest absolute Gasteiger partial charge is 0.454 e. The van der Waals surface area contributed by atoms with Gasteiger partial charge in [-0.05, 0) is 24.1 Å². The van der Waals surface area contributed by atoms with E-state index in [2.05, 4.69) is 5.32 Å². The molecule has 0 aliphatic carbocycles. The van der Waals surface area contributed by atoms with Crippen LogP contribution in [-0.4, -0.2) is 36.1 Å². The van der Waals surface area contributed by atoms with E-state index < -0.39 is 6.04 Å². The van der Waals surface area contributed by atoms with Gasteiger partial charge in [-0.2, -0.15) is 0 Å². The molecule has 0 radical (unpaired) electrons. The molecular weight excluding hydrogens is 272 g/mol. The number of hydrogen-bond acceptors (Lipinski definition) is 4. The standard InChI is InChI=1S/C15H18N2O4/c1-2-3-11-15(19)17(8-14(18)16-11)7-10-4-5-12-13(6-10)21-9-20-12/h4-6,11H,2-3,7-9H2,1H3,(H,16,18). The van der Waals surface area contributed by atoms with Gasteiger partial charge in [0.15, 0.2) is 11.5 Å². The number of ether oxygens (including phenoxy) is 2. The lowest BCUT2D eigenvalue weighted by Crippen LogP contribution is -2.57. The molecule has 1 aromatic rings. The summed E-state index contributed by atoms with van der Waals surface area (Å²) < 4.78 is 10.6. The summed E-state index contributed by atoms with van der Waals surface area (Å²) in [5.41, 5.74) is 0.928. The third-order valence-corrected chi connectivity index (χ3v) is 3.67. The maximum atomic E-state index is 12.4. The molecule has 1 fully saturated rings. The van der Waals surface area contributed by atoms with Crippen molar-refractivity contribution in [1.82, 2.24) is 10.2 Å². The lowest BCUT2D eigenvalue weighted by molar-refractivity contribution is -0.145. The molecule has 1 atom stereocenters. The summed E-state index contributed by atoms with van der Waals surface area (Å²) in [4.78, 5) is 25.7. The smallest absolute Gasteiger partial charge is 0.245 e. The van der Waals surface area contributed by atoms with Gasteiger partial charge in [0.25, 0.3) is 0 Å². The van der Waals surface area contributed by atoms with Crippen LogP contribution in [0.1, 0.15) is 25.3 Å². The van der Waals surface area contributed by atoms with Gasteiger partial charge in [0.05, 0.1) is 6.54 Å². The van der Waals surface area contributed by atoms with Crippen molar-refractivity contribution in [3.63, 3.8) is 0 Å². The van der Waals surface area contributed by atoms with Crippen molar-refractivity contribution in [3.8, 4) is 11.5 Å². The van der Waals surface area contributed by atoms with E-state index in [0.29, 0.717) is 24.5 Å². The van der Waals surface area contributed by atoms with Crippen LogP contribution < -0.4 is 14.8 Å². The Labute approximate surface area is 123 Å². The van der Waals surface area contributed by atoms with Gasteiger partial charge in [0.2, 0.25) is 18.6 Å². The van der Waals surface area contributed by atoms with Crippen molar-refractivity contribution in [3.05, 3.63) is 23.8 Å². The van der Waals surface area contributed by atoms with Crippen molar-refractivity contribution in [2.45, 2.75) is 32.4 Å². The quantitative estimate of drug-likeness (QED) is 0.899. The summed E-state index contributed by atoms with van der Waals surface area (Å²) in [7, 11) is 0. The zero-order valence-corrected chi connectivity index (χ0v) is 11.9. The summed E-state index contributed by atoms with van der Waals surface area (Å²) in [6.07, 6.45) is 1.52. The highest BCUT2D eigenvalue weighted by atomic mass is 16.7. The number of fused-ring (bicyclic) bond motifs is 1. The first-order valence-electron chi connectivity index (χ1n) is 7.14. The average Bonchev–Trinajstić information content (AvgIpc) is 2.91. The Balaban J connectivity index is 1.73. The number of hydrogen-bond donors (Lipinski definition) is 1. The van der Waals surface area contributed by atoms with E-state index in [1.54, 1.807) is 4.90 Å². The first kappa shape index (κ1) is 13.7. The van der Waals surface area contributed by atoms with Crippen molar-refractivity contribution in [2.75, 3.05) is 13.3 Å². The number of nitrogens with one attached hydrogen (secondary N) is 1. The Hall–Kier alpha value is -2.24. The van der Waals surface area contributed by atoms with Gasteiger partial charge >= 0.3 is 0 Å². The van der Waals surface area contributed by atoms with Gasteiger partial charge in [-0.3, -0.25) is 9.59 Å². The normalized spacial score (nSPS) is 20.6. The summed E-state index contributed by atoms with van der Waals surface area (Å²) in [5.74, 6) is 1.28. The fourth-order valence-electron chi connectivity index (χ4n) is 2.65. The van der Waals surface area contributed by atoms with Crippen molar-refractivity contribution in [1.29, 1.82) is 0 Å². The highest BCUT2D eigenvalue weighted by Gasteiger charge is 2.32. The van der Waals surface area contributed by atoms with Crippen LogP contribution in [0.4, 0.5) is 0 Å². The molecule has 2 aliphatic rings. The highest BCUT2D eigenvalue weighted by molar-refractivity contribution is 5.94. The number of rotatable bonds is 4. The second kappa shape index (κ2) is 5.63. The molecule has 2 aliphatic heterocycles. The number of carbonyl (C=O) groups is 2. The van der Waals surface area contributed by atoms with E-state index in [-0.39, 0.29) is 25.2 Å². The maximum Gasteiger partial charge on any atom is 0.245 e. The Morgan fingerprint density at radius 2 is 2.10 bits per heavy atom. The number of amides is 2. The molecule has 21 heavy (non-hydrogen) atoms. The van der Waals surface area contributed by atoms with E-state index in [1.165, 1.54) is 0 Å². The van der Waals surface area contributed by atoms with Crippen molar-refractivity contribution >= 4 is 11.8 Å². The van der Waals surface area contributed by atoms with Gasteiger partial charge in [-0.15, -0.1) is 0 Å². The van der Waals surface area contributed by atoms with Crippen LogP contribution in [0.25, 0.3) is 0 Å². The average molecular weight is 290 g/mol. The Bertz CT molecular complexity index is 573. The molecule has 1 N–H and O–H groups in total. The fourth-order valence-corrected chi connectivity index (χ4v) is 2.65. The predicted octanol–water partition coefficient (Wildman–Crippen LogP) is 1.04. The minimum absolute atomic E-state index is 0.0193. The van der Waals surface area contributed by atoms with Crippen LogP contribution in [0.3, 0.4) is 0 Å². The Kier molecular flexibility index (Phi) is 3.68. The van der Waals surface area contributed by atoms with E-state index in [0.717, 1.165) is 12.0 Å². The molecule has 1 saturated heterocycles. The molecular formula is C15H18N2O4. The molecule has 6 nitrogen and oxygen atoms in total. The molecule has 3 rings (SSSR count). The van der Waals surface area contributed by atoms with Crippen LogP contribution in [0.5, 0.6) is 11.5 Å². The molecule has 0 saturated carbocycles. The van der Waals surface area contributed by atoms with E-state index in [9.17, 15) is 9.59 Å². The number of carbonyl (C=O) groups excluding carboxylic acids is 2. The second-order valence-corrected chi connectivity index (χ2v) is 5.29. The monoisotopic (exact) mass is 290 g/mol. The lowest BCUT2D eigenvalue weighted by Gasteiger charge is -2.32. The van der Waals surface area contributed by atoms with Crippen molar-refractivity contribution in [2.24, 2.45) is 0 Å². The van der Waals surface area contributed by atoms with Gasteiger partial charge in [0.1, 0.15) is 6.04 Å². The summed E-state index contributed by atoms with van der Waals surface area (Å²) in [6.45, 7) is 2.73. The van der Waals surface area contributed by atoms with Gasteiger partial charge < -0.3 is 19.7 Å². The SMILES string of the molecule is CCCC1NC(=O)CN(Cc2ccc3c(c2)OCO3)C1=O. The van der Waals surface area contributed by atoms with Crippen LogP contribution in [-0.2, 0) is 16.1 Å². The van der Waals surface area contributed by atoms with Crippen LogP contribution >= 0.6 is 0 Å². The number of nitrogens with zero attached hydrogens (tertiary/aromatic N) is 1. The third kappa shape index (κ3) is 2.79. The fraction of sp³-hybridized carbons (Fsp3) is 0.467. The topological polar surface area (TPSA) is 67.9 Å². The van der Waals surface area contributed by atoms with E-state index in [4.69, 9.17) is 9.47 Å². The first-order valence-corrected chi connectivity index (χ1v) is 7.14. The molecule has 2 heterocycles. The molecule has 6 heteroatoms. The minimum atomic E-state index is -0.398. The minimum Gasteiger partial charge on any atom is -0.454 e. The summed E-state index contributed by atoms with van der Waals surface area (Å²) in [6, 6.07) is 5.18. The first-order chi connectivity index (χ1) is 10.2. The molecule has 2 amide bonds. The highest BCUT2D eigenvalue weighted by Crippen LogP contribution is 2.32. The van der Waals surface area contributed by atoms with Crippen LogP contribution in [0.15, 0.2) is 18.2 Å². The maximum absolute atomic E-state index is 12.4. The van der Waals surface area contributed by atoms with Crippen molar-refractivity contribution < 1.29 is 19.1 Å². The molecule has 112 valence electrons. The van der Waals surface area contributed by atoms with Gasteiger partial charge in [-0.25, -0.2) is 0 Å². The summed E-state index contributed by atoms with van der Waals surface area (Å²) in [5, 5.41) is 2.75. The van der Waals surface area contributed by atoms with Gasteiger partial charge in [-0.1, -0.05) is 19.4 Å². The Morgan fingerprint density at radius 3 is 2.90 bits per heavy atom. The second-order valence-electron chi connectivity index (χ2n) is 5.29. The molecule has 0 bridgehead atoms. The van der Waals surface area contributed by atoms with E-state index >= 15 is 0 Å². The lowest BCUT2D eigenvalue weighted by atomic mass is 10.1. The molecule has 0 aromatic heterocycles. The summed E-state index contributed by atoms with van der Waals surface area (Å²) >= 11 is 0. The van der Waals surface area contributed by atoms with E-state index in [1.807, 2.05) is 25.1 Å². The van der Waals surface area contributed by atoms with Gasteiger partial charge in [0, 0.05) is 6.54 Å². The number of benzene rings is 1. The van der Waals surface area contributed by atoms with Crippen LogP contribution in [0.2, 0.25) is 0 Å². The zero-order valence-electron chi connectivity index (χ0n) is 11.9. The molecule has 1 aromatic carbocycles. The molecule has 0 spiro atoms. The third-order valence-electron chi connectivity index (χ3n) is 3.67. The predicted molar refractivity (Wildman–Crippen MR) is 74.8 cm³/mol. The molecule has 1 unspecified atom stereocenters. The van der Waals surface area contributed by atoms with Crippen LogP contribution in [0, 0.1) is 0 Å². The zero-order chi connectivity index (χ0) is 14.8. The Morgan fingerprint density at radius 1 is 1.29 bits per heavy atom. The number of piperazine rings is 1.